The highest BCUT2D eigenvalue weighted by Crippen LogP contribution is 2.53. The Labute approximate surface area is 205 Å². The zero-order valence-corrected chi connectivity index (χ0v) is 21.4. The Kier molecular flexibility index (Phi) is 6.97. The Morgan fingerprint density at radius 3 is 2.84 bits per heavy atom. The first-order valence-corrected chi connectivity index (χ1v) is 14.4. The van der Waals surface area contributed by atoms with E-state index in [0.29, 0.717) is 11.6 Å². The Balaban J connectivity index is 1.73. The Hall–Kier alpha value is -0.760. The molecule has 2 aliphatic rings. The van der Waals surface area contributed by atoms with Gasteiger partial charge in [0.25, 0.3) is 15.1 Å². The number of nitrogens with zero attached hydrogens (tertiary/aromatic N) is 2. The van der Waals surface area contributed by atoms with E-state index in [1.165, 1.54) is 11.3 Å². The number of rotatable bonds is 7. The van der Waals surface area contributed by atoms with E-state index in [1.54, 1.807) is 29.6 Å². The number of carboxylic acid groups (broad SMARTS) is 1. The maximum absolute atomic E-state index is 11.5. The van der Waals surface area contributed by atoms with Gasteiger partial charge < -0.3 is 10.0 Å². The van der Waals surface area contributed by atoms with Gasteiger partial charge >= 0.3 is 5.97 Å². The minimum Gasteiger partial charge on any atom is -0.480 e. The summed E-state index contributed by atoms with van der Waals surface area (Å²) in [6.45, 7) is 0.257. The molecule has 7 nitrogen and oxygen atoms in total. The van der Waals surface area contributed by atoms with Gasteiger partial charge in [-0.2, -0.15) is 13.0 Å². The number of aliphatic carboxylic acids is 1. The number of carbonyl (C=O) groups is 1. The molecule has 2 unspecified atom stereocenters. The van der Waals surface area contributed by atoms with Crippen molar-refractivity contribution in [3.05, 3.63) is 43.1 Å². The average molecular weight is 585 g/mol. The van der Waals surface area contributed by atoms with Crippen LogP contribution in [0.2, 0.25) is 5.02 Å². The van der Waals surface area contributed by atoms with Gasteiger partial charge in [-0.1, -0.05) is 34.7 Å². The molecule has 0 aliphatic carbocycles. The minimum atomic E-state index is -4.05. The molecular weight excluding hydrogens is 568 g/mol. The molecule has 1 fully saturated rings. The van der Waals surface area contributed by atoms with Crippen LogP contribution in [0, 0.1) is 0 Å². The number of thiazole rings is 1. The number of halogens is 2. The van der Waals surface area contributed by atoms with Crippen LogP contribution in [0.3, 0.4) is 0 Å². The second kappa shape index (κ2) is 9.24. The number of thioether (sulfide) groups is 2. The predicted octanol–water partition coefficient (Wildman–Crippen LogP) is 4.23. The van der Waals surface area contributed by atoms with Crippen LogP contribution in [0.15, 0.2) is 33.1 Å². The summed E-state index contributed by atoms with van der Waals surface area (Å²) in [6.07, 6.45) is 4.22. The first-order valence-electron chi connectivity index (χ1n) is 9.08. The van der Waals surface area contributed by atoms with Crippen molar-refractivity contribution in [2.75, 3.05) is 12.3 Å². The summed E-state index contributed by atoms with van der Waals surface area (Å²) in [6, 6.07) is 5.50. The van der Waals surface area contributed by atoms with Gasteiger partial charge in [-0.25, -0.2) is 0 Å². The average Bonchev–Trinajstić information content (AvgIpc) is 3.27. The summed E-state index contributed by atoms with van der Waals surface area (Å²) in [5.74, 6) is -1.24. The zero-order chi connectivity index (χ0) is 22.3. The monoisotopic (exact) mass is 583 g/mol. The Morgan fingerprint density at radius 1 is 1.35 bits per heavy atom. The van der Waals surface area contributed by atoms with E-state index in [1.807, 2.05) is 33.8 Å². The quantitative estimate of drug-likeness (QED) is 0.369. The number of hydrogen-bond acceptors (Lipinski definition) is 7. The van der Waals surface area contributed by atoms with Gasteiger partial charge in [-0.3, -0.25) is 9.35 Å². The highest BCUT2D eigenvalue weighted by molar-refractivity contribution is 9.14. The van der Waals surface area contributed by atoms with Gasteiger partial charge in [0.1, 0.15) is 11.2 Å². The van der Waals surface area contributed by atoms with Crippen molar-refractivity contribution < 1.29 is 27.4 Å². The summed E-state index contributed by atoms with van der Waals surface area (Å²) in [5.41, 5.74) is 0.865. The van der Waals surface area contributed by atoms with Crippen LogP contribution in [0.4, 0.5) is 0 Å². The van der Waals surface area contributed by atoms with Gasteiger partial charge in [0.2, 0.25) is 5.52 Å². The van der Waals surface area contributed by atoms with E-state index in [0.717, 1.165) is 24.1 Å². The van der Waals surface area contributed by atoms with Crippen molar-refractivity contribution in [2.24, 2.45) is 0 Å². The first kappa shape index (κ1) is 23.4. The lowest BCUT2D eigenvalue weighted by molar-refractivity contribution is -0.668. The van der Waals surface area contributed by atoms with Gasteiger partial charge in [0.05, 0.1) is 27.5 Å². The van der Waals surface area contributed by atoms with E-state index in [4.69, 9.17) is 16.2 Å². The summed E-state index contributed by atoms with van der Waals surface area (Å²) in [7, 11) is -4.05. The maximum atomic E-state index is 11.5. The van der Waals surface area contributed by atoms with Crippen LogP contribution in [0.5, 0.6) is 0 Å². The minimum absolute atomic E-state index is 0.0245. The van der Waals surface area contributed by atoms with Crippen LogP contribution < -0.4 is 4.57 Å². The SMILES string of the molecule is O=C(O)CN1C(=Cc2sc3ccc(Cl)cc3[n+]2CCCS(=O)(=O)O)SC2SC(Br)=CC21. The van der Waals surface area contributed by atoms with Crippen molar-refractivity contribution >= 4 is 94.8 Å². The van der Waals surface area contributed by atoms with E-state index in [-0.39, 0.29) is 29.3 Å². The number of benzene rings is 1. The molecule has 31 heavy (non-hydrogen) atoms. The Bertz CT molecular complexity index is 1210. The van der Waals surface area contributed by atoms with Crippen LogP contribution >= 0.6 is 62.4 Å². The lowest BCUT2D eigenvalue weighted by Gasteiger charge is -2.21. The standard InChI is InChI=1S/C18H16BrClN2O5S4/c19-14-7-12-18(29-14)30-16(22(12)9-17(23)24)8-15-21(4-1-5-31(25,26)27)11-6-10(20)2-3-13(11)28-15/h2-3,6-8,12,18H,1,4-5,9H2,(H-,23,24,25,26,27)/p+1. The largest absolute Gasteiger partial charge is 0.480 e. The predicted molar refractivity (Wildman–Crippen MR) is 130 cm³/mol. The molecule has 1 aromatic carbocycles. The number of carboxylic acids is 1. The van der Waals surface area contributed by atoms with Crippen LogP contribution in [-0.2, 0) is 21.5 Å². The smallest absolute Gasteiger partial charge is 0.323 e. The third-order valence-electron chi connectivity index (χ3n) is 4.72. The van der Waals surface area contributed by atoms with E-state index >= 15 is 0 Å². The van der Waals surface area contributed by atoms with Crippen LogP contribution in [0.1, 0.15) is 11.4 Å². The fourth-order valence-corrected chi connectivity index (χ4v) is 9.26. The molecule has 2 atom stereocenters. The molecule has 3 heterocycles. The summed E-state index contributed by atoms with van der Waals surface area (Å²) < 4.78 is 35.5. The highest BCUT2D eigenvalue weighted by Gasteiger charge is 2.42. The molecule has 0 bridgehead atoms. The molecule has 0 spiro atoms. The third kappa shape index (κ3) is 5.43. The van der Waals surface area contributed by atoms with Gasteiger partial charge in [-0.05, 0) is 34.1 Å². The fourth-order valence-electron chi connectivity index (χ4n) is 3.47. The third-order valence-corrected chi connectivity index (χ3v) is 10.3. The molecule has 0 amide bonds. The molecular formula is C18H17BrClN2O5S4+. The number of aryl methyl sites for hydroxylation is 1. The molecule has 2 aromatic rings. The molecule has 0 radical (unpaired) electrons. The molecule has 166 valence electrons. The van der Waals surface area contributed by atoms with Gasteiger partial charge in [-0.15, -0.1) is 11.8 Å². The topological polar surface area (TPSA) is 98.8 Å². The number of hydrogen-bond donors (Lipinski definition) is 2. The maximum Gasteiger partial charge on any atom is 0.323 e. The van der Waals surface area contributed by atoms with E-state index < -0.39 is 16.1 Å². The lowest BCUT2D eigenvalue weighted by Crippen LogP contribution is -2.37. The second-order valence-corrected chi connectivity index (χ2v) is 14.0. The van der Waals surface area contributed by atoms with E-state index in [2.05, 4.69) is 15.9 Å². The van der Waals surface area contributed by atoms with Crippen molar-refractivity contribution in [3.63, 3.8) is 0 Å². The molecule has 4 rings (SSSR count). The summed E-state index contributed by atoms with van der Waals surface area (Å²) in [4.78, 5) is 13.4. The van der Waals surface area contributed by atoms with Crippen molar-refractivity contribution in [1.29, 1.82) is 0 Å². The highest BCUT2D eigenvalue weighted by atomic mass is 79.9. The van der Waals surface area contributed by atoms with E-state index in [9.17, 15) is 18.3 Å². The number of fused-ring (bicyclic) bond motifs is 2. The fraction of sp³-hybridized carbons (Fsp3) is 0.333. The van der Waals surface area contributed by atoms with Crippen molar-refractivity contribution in [1.82, 2.24) is 4.90 Å². The van der Waals surface area contributed by atoms with Crippen molar-refractivity contribution in [2.45, 2.75) is 23.6 Å². The van der Waals surface area contributed by atoms with Gasteiger partial charge in [0, 0.05) is 21.3 Å². The van der Waals surface area contributed by atoms with Crippen LogP contribution in [0.25, 0.3) is 16.3 Å². The normalized spacial score (nSPS) is 22.4. The number of aromatic nitrogens is 1. The molecule has 2 aliphatic heterocycles. The lowest BCUT2D eigenvalue weighted by atomic mass is 10.3. The first-order chi connectivity index (χ1) is 14.6. The Morgan fingerprint density at radius 2 is 2.13 bits per heavy atom. The molecule has 1 aromatic heterocycles. The van der Waals surface area contributed by atoms with Crippen LogP contribution in [-0.4, -0.2) is 51.9 Å². The summed E-state index contributed by atoms with van der Waals surface area (Å²) >= 11 is 14.5. The second-order valence-electron chi connectivity index (χ2n) is 6.91. The zero-order valence-electron chi connectivity index (χ0n) is 15.8. The van der Waals surface area contributed by atoms with Gasteiger partial charge in [0.15, 0.2) is 6.54 Å². The molecule has 0 saturated carbocycles. The molecule has 1 saturated heterocycles. The molecule has 2 N–H and O–H groups in total. The molecule has 13 heteroatoms. The summed E-state index contributed by atoms with van der Waals surface area (Å²) in [5, 5.41) is 11.7. The van der Waals surface area contributed by atoms with Crippen molar-refractivity contribution in [3.8, 4) is 0 Å².